The van der Waals surface area contributed by atoms with Gasteiger partial charge in [-0.05, 0) is 38.8 Å². The molecular weight excluding hydrogens is 296 g/mol. The van der Waals surface area contributed by atoms with Crippen LogP contribution in [0.3, 0.4) is 0 Å². The molecule has 0 aliphatic heterocycles. The van der Waals surface area contributed by atoms with Crippen molar-refractivity contribution in [3.8, 4) is 0 Å². The van der Waals surface area contributed by atoms with Gasteiger partial charge in [-0.2, -0.15) is 0 Å². The molecule has 0 aromatic carbocycles. The first kappa shape index (κ1) is 21.0. The molecule has 0 aliphatic carbocycles. The van der Waals surface area contributed by atoms with Crippen LogP contribution in [-0.2, 0) is 23.9 Å². The highest BCUT2D eigenvalue weighted by atomic mass is 16.6. The van der Waals surface area contributed by atoms with E-state index in [0.29, 0.717) is 12.8 Å². The fraction of sp³-hybridized carbons (Fsp3) is 0.556. The lowest BCUT2D eigenvalue weighted by molar-refractivity contribution is -0.174. The maximum Gasteiger partial charge on any atom is 0.327 e. The number of ketones is 2. The van der Waals surface area contributed by atoms with Crippen LogP contribution in [0.2, 0.25) is 0 Å². The van der Waals surface area contributed by atoms with Crippen molar-refractivity contribution in [3.63, 3.8) is 0 Å². The molecule has 0 rings (SSSR count). The second-order valence-electron chi connectivity index (χ2n) is 5.98. The molecule has 128 valence electrons. The average molecular weight is 322 g/mol. The molecule has 23 heavy (non-hydrogen) atoms. The van der Waals surface area contributed by atoms with Gasteiger partial charge in [0.2, 0.25) is 0 Å². The zero-order valence-electron chi connectivity index (χ0n) is 14.4. The van der Waals surface area contributed by atoms with Gasteiger partial charge in [0, 0.05) is 0 Å². The molecule has 0 spiro atoms. The molecule has 0 saturated carbocycles. The lowest BCUT2D eigenvalue weighted by Crippen LogP contribution is -2.43. The number of rotatable bonds is 10. The minimum atomic E-state index is -1.48. The molecule has 0 bridgehead atoms. The van der Waals surface area contributed by atoms with Gasteiger partial charge in [-0.25, -0.2) is 0 Å². The van der Waals surface area contributed by atoms with E-state index in [4.69, 9.17) is 4.74 Å². The molecule has 0 heterocycles. The molecule has 0 radical (unpaired) electrons. The van der Waals surface area contributed by atoms with Crippen molar-refractivity contribution in [3.05, 3.63) is 25.3 Å². The van der Waals surface area contributed by atoms with Crippen LogP contribution < -0.4 is 0 Å². The second kappa shape index (κ2) is 8.56. The first-order valence-electron chi connectivity index (χ1n) is 7.74. The minimum Gasteiger partial charge on any atom is -0.392 e. The third-order valence-corrected chi connectivity index (χ3v) is 4.04. The van der Waals surface area contributed by atoms with Crippen molar-refractivity contribution in [2.24, 2.45) is 10.8 Å². The summed E-state index contributed by atoms with van der Waals surface area (Å²) in [6.45, 7) is 13.2. The minimum absolute atomic E-state index is 0.226. The topological polar surface area (TPSA) is 77.5 Å². The average Bonchev–Trinajstić information content (AvgIpc) is 2.52. The van der Waals surface area contributed by atoms with E-state index in [1.165, 1.54) is 13.8 Å². The Morgan fingerprint density at radius 1 is 0.826 bits per heavy atom. The second-order valence-corrected chi connectivity index (χ2v) is 5.98. The number of allylic oxidation sites excluding steroid dienone is 2. The third kappa shape index (κ3) is 4.47. The zero-order chi connectivity index (χ0) is 18.3. The highest BCUT2D eigenvalue weighted by Gasteiger charge is 2.46. The Balaban J connectivity index is 5.50. The molecule has 0 fully saturated rings. The smallest absolute Gasteiger partial charge is 0.327 e. The maximum absolute atomic E-state index is 12.4. The maximum atomic E-state index is 12.4. The number of carbonyl (C=O) groups is 4. The van der Waals surface area contributed by atoms with E-state index in [9.17, 15) is 19.2 Å². The monoisotopic (exact) mass is 322 g/mol. The molecule has 0 aliphatic rings. The fourth-order valence-corrected chi connectivity index (χ4v) is 2.41. The first-order chi connectivity index (χ1) is 10.6. The number of hydrogen-bond acceptors (Lipinski definition) is 5. The van der Waals surface area contributed by atoms with Crippen LogP contribution >= 0.6 is 0 Å². The van der Waals surface area contributed by atoms with E-state index in [-0.39, 0.29) is 12.8 Å². The Morgan fingerprint density at radius 2 is 1.13 bits per heavy atom. The molecule has 0 aromatic heterocycles. The van der Waals surface area contributed by atoms with Crippen molar-refractivity contribution in [2.45, 2.75) is 53.4 Å². The van der Waals surface area contributed by atoms with Crippen molar-refractivity contribution < 1.29 is 23.9 Å². The quantitative estimate of drug-likeness (QED) is 0.351. The van der Waals surface area contributed by atoms with Crippen LogP contribution in [-0.4, -0.2) is 23.5 Å². The SMILES string of the molecule is C=CC(=O)C(C)(CCC)C(=O)OC(=O)C(C)(CCC)C(=O)C=C. The molecule has 2 unspecified atom stereocenters. The molecule has 2 atom stereocenters. The van der Waals surface area contributed by atoms with Crippen molar-refractivity contribution in [1.82, 2.24) is 0 Å². The van der Waals surface area contributed by atoms with Crippen LogP contribution in [0.5, 0.6) is 0 Å². The summed E-state index contributed by atoms with van der Waals surface area (Å²) in [6.07, 6.45) is 3.64. The summed E-state index contributed by atoms with van der Waals surface area (Å²) in [6, 6.07) is 0. The zero-order valence-corrected chi connectivity index (χ0v) is 14.4. The van der Waals surface area contributed by atoms with E-state index < -0.39 is 34.3 Å². The van der Waals surface area contributed by atoms with Crippen LogP contribution in [0.4, 0.5) is 0 Å². The van der Waals surface area contributed by atoms with E-state index in [0.717, 1.165) is 12.2 Å². The first-order valence-corrected chi connectivity index (χ1v) is 7.74. The summed E-state index contributed by atoms with van der Waals surface area (Å²) in [5.41, 5.74) is -2.95. The van der Waals surface area contributed by atoms with Gasteiger partial charge >= 0.3 is 11.9 Å². The lowest BCUT2D eigenvalue weighted by Gasteiger charge is -2.27. The summed E-state index contributed by atoms with van der Waals surface area (Å²) in [4.78, 5) is 48.8. The Bertz CT molecular complexity index is 474. The third-order valence-electron chi connectivity index (χ3n) is 4.04. The van der Waals surface area contributed by atoms with E-state index in [1.807, 2.05) is 13.8 Å². The molecule has 0 amide bonds. The molecule has 0 N–H and O–H groups in total. The van der Waals surface area contributed by atoms with Crippen LogP contribution in [0, 0.1) is 10.8 Å². The van der Waals surface area contributed by atoms with Crippen LogP contribution in [0.25, 0.3) is 0 Å². The predicted octanol–water partition coefficient (Wildman–Crippen LogP) is 3.18. The summed E-state index contributed by atoms with van der Waals surface area (Å²) in [7, 11) is 0. The number of esters is 2. The van der Waals surface area contributed by atoms with E-state index in [2.05, 4.69) is 13.2 Å². The Hall–Kier alpha value is -2.04. The van der Waals surface area contributed by atoms with Gasteiger partial charge in [0.15, 0.2) is 11.6 Å². The van der Waals surface area contributed by atoms with Crippen molar-refractivity contribution >= 4 is 23.5 Å². The fourth-order valence-electron chi connectivity index (χ4n) is 2.41. The standard InChI is InChI=1S/C18H26O5/c1-7-11-17(5,13(19)9-3)15(21)23-16(22)18(6,12-8-2)14(20)10-4/h9-10H,3-4,7-8,11-12H2,1-2,5-6H3. The van der Waals surface area contributed by atoms with Gasteiger partial charge in [0.05, 0.1) is 0 Å². The number of carbonyl (C=O) groups excluding carboxylic acids is 4. The number of hydrogen-bond donors (Lipinski definition) is 0. The Morgan fingerprint density at radius 3 is 1.35 bits per heavy atom. The van der Waals surface area contributed by atoms with Crippen molar-refractivity contribution in [1.29, 1.82) is 0 Å². The van der Waals surface area contributed by atoms with Gasteiger partial charge in [-0.1, -0.05) is 39.8 Å². The van der Waals surface area contributed by atoms with Gasteiger partial charge in [-0.3, -0.25) is 19.2 Å². The number of ether oxygens (including phenoxy) is 1. The largest absolute Gasteiger partial charge is 0.392 e. The molecule has 5 heteroatoms. The Labute approximate surface area is 137 Å². The van der Waals surface area contributed by atoms with Crippen molar-refractivity contribution in [2.75, 3.05) is 0 Å². The summed E-state index contributed by atoms with van der Waals surface area (Å²) in [5.74, 6) is -2.92. The van der Waals surface area contributed by atoms with Gasteiger partial charge in [-0.15, -0.1) is 0 Å². The normalized spacial score (nSPS) is 15.7. The molecule has 0 saturated heterocycles. The lowest BCUT2D eigenvalue weighted by atomic mass is 9.79. The highest BCUT2D eigenvalue weighted by Crippen LogP contribution is 2.31. The van der Waals surface area contributed by atoms with Crippen LogP contribution in [0.1, 0.15) is 53.4 Å². The molecular formula is C18H26O5. The predicted molar refractivity (Wildman–Crippen MR) is 87.5 cm³/mol. The van der Waals surface area contributed by atoms with Gasteiger partial charge < -0.3 is 4.74 Å². The summed E-state index contributed by atoms with van der Waals surface area (Å²) < 4.78 is 4.92. The summed E-state index contributed by atoms with van der Waals surface area (Å²) >= 11 is 0. The van der Waals surface area contributed by atoms with Gasteiger partial charge in [0.1, 0.15) is 10.8 Å². The molecule has 5 nitrogen and oxygen atoms in total. The molecule has 0 aromatic rings. The van der Waals surface area contributed by atoms with E-state index in [1.54, 1.807) is 0 Å². The van der Waals surface area contributed by atoms with E-state index >= 15 is 0 Å². The summed E-state index contributed by atoms with van der Waals surface area (Å²) in [5, 5.41) is 0. The highest BCUT2D eigenvalue weighted by molar-refractivity contribution is 6.14. The Kier molecular flexibility index (Phi) is 7.80. The van der Waals surface area contributed by atoms with Gasteiger partial charge in [0.25, 0.3) is 0 Å². The van der Waals surface area contributed by atoms with Crippen LogP contribution in [0.15, 0.2) is 25.3 Å².